The van der Waals surface area contributed by atoms with E-state index in [2.05, 4.69) is 66.3 Å². The van der Waals surface area contributed by atoms with Crippen LogP contribution in [0.25, 0.3) is 0 Å². The van der Waals surface area contributed by atoms with Gasteiger partial charge in [0.2, 0.25) is 0 Å². The fourth-order valence-corrected chi connectivity index (χ4v) is 5.97. The van der Waals surface area contributed by atoms with Crippen LogP contribution in [0.5, 0.6) is 0 Å². The first-order valence-electron chi connectivity index (χ1n) is 10.2. The van der Waals surface area contributed by atoms with Crippen LogP contribution in [-0.2, 0) is 22.4 Å². The van der Waals surface area contributed by atoms with Gasteiger partial charge in [0.05, 0.1) is 0 Å². The SMILES string of the molecule is CCCC(OC)C(CC[CH]([InH2])Cc1cc[n+](Cc2ccccc2)cc1)OC. The van der Waals surface area contributed by atoms with Crippen LogP contribution in [0, 0.1) is 0 Å². The van der Waals surface area contributed by atoms with E-state index in [1.807, 2.05) is 14.2 Å². The molecule has 4 heteroatoms. The van der Waals surface area contributed by atoms with Gasteiger partial charge in [-0.3, -0.25) is 0 Å². The van der Waals surface area contributed by atoms with E-state index in [0.29, 0.717) is 24.4 Å². The zero-order valence-electron chi connectivity index (χ0n) is 17.4. The first-order chi connectivity index (χ1) is 13.2. The van der Waals surface area contributed by atoms with Gasteiger partial charge in [0.1, 0.15) is 0 Å². The van der Waals surface area contributed by atoms with Gasteiger partial charge in [0, 0.05) is 0 Å². The predicted molar refractivity (Wildman–Crippen MR) is 114 cm³/mol. The van der Waals surface area contributed by atoms with Crippen molar-refractivity contribution in [2.45, 2.75) is 61.5 Å². The molecule has 0 bridgehead atoms. The number of pyridine rings is 1. The monoisotopic (exact) mass is 472 g/mol. The van der Waals surface area contributed by atoms with Gasteiger partial charge in [-0.2, -0.15) is 0 Å². The molecule has 1 aromatic heterocycles. The van der Waals surface area contributed by atoms with Crippen molar-refractivity contribution >= 4 is 24.4 Å². The Kier molecular flexibility index (Phi) is 10.5. The van der Waals surface area contributed by atoms with Gasteiger partial charge < -0.3 is 0 Å². The Labute approximate surface area is 179 Å². The number of ether oxygens (including phenoxy) is 2. The van der Waals surface area contributed by atoms with Crippen molar-refractivity contribution in [3.8, 4) is 0 Å². The maximum atomic E-state index is 5.72. The number of hydrogen-bond donors (Lipinski definition) is 0. The standard InChI is InChI=1S/C23H33NO2.In.2H/c1-4-10-22(25-2)23(26-3)14-9-8-11-20-15-17-24(18-16-20)19-21-12-6-5-7-13-21;;;/h5-8,12-13,15-18,22-23H,4,9-11,14,19H2,1-3H3;;;/q+1;;;. The molecule has 3 nitrogen and oxygen atoms in total. The number of rotatable bonds is 12. The van der Waals surface area contributed by atoms with Crippen LogP contribution in [0.2, 0.25) is 3.67 Å². The number of aromatic nitrogens is 1. The van der Waals surface area contributed by atoms with E-state index in [9.17, 15) is 0 Å². The molecule has 2 aromatic rings. The third-order valence-corrected chi connectivity index (χ3v) is 8.10. The molecule has 0 fully saturated rings. The molecule has 0 aliphatic carbocycles. The van der Waals surface area contributed by atoms with Gasteiger partial charge in [-0.1, -0.05) is 0 Å². The molecular weight excluding hydrogens is 437 g/mol. The summed E-state index contributed by atoms with van der Waals surface area (Å²) in [5, 5.41) is 0. The topological polar surface area (TPSA) is 22.3 Å². The summed E-state index contributed by atoms with van der Waals surface area (Å²) in [6, 6.07) is 15.2. The van der Waals surface area contributed by atoms with Crippen molar-refractivity contribution in [1.29, 1.82) is 0 Å². The first-order valence-corrected chi connectivity index (χ1v) is 13.5. The molecule has 1 heterocycles. The summed E-state index contributed by atoms with van der Waals surface area (Å²) >= 11 is 0.632. The van der Waals surface area contributed by atoms with Gasteiger partial charge in [-0.15, -0.1) is 0 Å². The van der Waals surface area contributed by atoms with E-state index < -0.39 is 0 Å². The third kappa shape index (κ3) is 7.97. The molecule has 2 rings (SSSR count). The molecule has 1 aromatic carbocycles. The van der Waals surface area contributed by atoms with Crippen LogP contribution in [0.1, 0.15) is 43.7 Å². The van der Waals surface area contributed by atoms with Gasteiger partial charge in [-0.25, -0.2) is 0 Å². The summed E-state index contributed by atoms with van der Waals surface area (Å²) in [6.07, 6.45) is 10.7. The van der Waals surface area contributed by atoms with Gasteiger partial charge >= 0.3 is 180 Å². The van der Waals surface area contributed by atoms with Crippen molar-refractivity contribution in [1.82, 2.24) is 0 Å². The average Bonchev–Trinajstić information content (AvgIpc) is 2.70. The van der Waals surface area contributed by atoms with Crippen molar-refractivity contribution in [2.24, 2.45) is 0 Å². The summed E-state index contributed by atoms with van der Waals surface area (Å²) in [4.78, 5) is 0. The van der Waals surface area contributed by atoms with Crippen LogP contribution in [-0.4, -0.2) is 50.8 Å². The Hall–Kier alpha value is -0.840. The molecule has 0 aliphatic heterocycles. The normalized spacial score (nSPS) is 14.6. The Balaban J connectivity index is 1.81. The second kappa shape index (κ2) is 12.6. The van der Waals surface area contributed by atoms with Crippen LogP contribution in [0.3, 0.4) is 0 Å². The Morgan fingerprint density at radius 2 is 1.48 bits per heavy atom. The molecule has 3 atom stereocenters. The summed E-state index contributed by atoms with van der Waals surface area (Å²) in [5.41, 5.74) is 2.79. The molecular formula is C23H35InNO2+. The predicted octanol–water partition coefficient (Wildman–Crippen LogP) is 3.60. The second-order valence-corrected chi connectivity index (χ2v) is 12.2. The number of methoxy groups -OCH3 is 2. The quantitative estimate of drug-likeness (QED) is 0.441. The molecule has 0 spiro atoms. The van der Waals surface area contributed by atoms with E-state index in [0.717, 1.165) is 29.5 Å². The number of hydrogen-bond acceptors (Lipinski definition) is 2. The van der Waals surface area contributed by atoms with Gasteiger partial charge in [0.15, 0.2) is 0 Å². The molecule has 0 radical (unpaired) electrons. The van der Waals surface area contributed by atoms with E-state index >= 15 is 0 Å². The molecule has 0 aliphatic rings. The summed E-state index contributed by atoms with van der Waals surface area (Å²) in [7, 11) is 3.63. The summed E-state index contributed by atoms with van der Waals surface area (Å²) in [6.45, 7) is 3.14. The molecule has 0 N–H and O–H groups in total. The zero-order valence-corrected chi connectivity index (χ0v) is 23.1. The minimum atomic E-state index is 0.229. The Morgan fingerprint density at radius 3 is 2.07 bits per heavy atom. The summed E-state index contributed by atoms with van der Waals surface area (Å²) < 4.78 is 14.5. The van der Waals surface area contributed by atoms with Crippen molar-refractivity contribution < 1.29 is 14.0 Å². The second-order valence-electron chi connectivity index (χ2n) is 7.59. The van der Waals surface area contributed by atoms with Crippen molar-refractivity contribution in [3.63, 3.8) is 0 Å². The molecule has 0 saturated heterocycles. The van der Waals surface area contributed by atoms with Gasteiger partial charge in [-0.05, 0) is 0 Å². The van der Waals surface area contributed by atoms with E-state index in [1.165, 1.54) is 24.0 Å². The van der Waals surface area contributed by atoms with E-state index in [-0.39, 0.29) is 12.2 Å². The van der Waals surface area contributed by atoms with Crippen molar-refractivity contribution in [2.75, 3.05) is 14.2 Å². The molecule has 0 amide bonds. The molecule has 0 saturated carbocycles. The fourth-order valence-electron chi connectivity index (χ4n) is 3.67. The van der Waals surface area contributed by atoms with Crippen LogP contribution in [0.15, 0.2) is 54.9 Å². The number of benzene rings is 1. The third-order valence-electron chi connectivity index (χ3n) is 5.29. The average molecular weight is 472 g/mol. The fraction of sp³-hybridized carbons (Fsp3) is 0.522. The minimum absolute atomic E-state index is 0.229. The van der Waals surface area contributed by atoms with Gasteiger partial charge in [0.25, 0.3) is 0 Å². The zero-order chi connectivity index (χ0) is 19.5. The molecule has 3 unspecified atom stereocenters. The maximum absolute atomic E-state index is 5.72. The Bertz CT molecular complexity index is 633. The summed E-state index contributed by atoms with van der Waals surface area (Å²) in [5.74, 6) is 0. The van der Waals surface area contributed by atoms with Crippen LogP contribution < -0.4 is 4.57 Å². The van der Waals surface area contributed by atoms with Crippen LogP contribution >= 0.6 is 0 Å². The molecule has 27 heavy (non-hydrogen) atoms. The van der Waals surface area contributed by atoms with Crippen molar-refractivity contribution in [3.05, 3.63) is 66.0 Å². The van der Waals surface area contributed by atoms with Crippen LogP contribution in [0.4, 0.5) is 0 Å². The first kappa shape index (κ1) is 22.4. The van der Waals surface area contributed by atoms with E-state index in [1.54, 1.807) is 0 Å². The molecule has 146 valence electrons. The Morgan fingerprint density at radius 1 is 0.852 bits per heavy atom. The number of nitrogens with zero attached hydrogens (tertiary/aromatic N) is 1. The van der Waals surface area contributed by atoms with E-state index in [4.69, 9.17) is 9.47 Å².